The monoisotopic (exact) mass is 327 g/mol. The summed E-state index contributed by atoms with van der Waals surface area (Å²) >= 11 is 9.10. The lowest BCUT2D eigenvalue weighted by atomic mass is 10.2. The lowest BCUT2D eigenvalue weighted by molar-refractivity contribution is 0.102. The van der Waals surface area contributed by atoms with Crippen LogP contribution in [0.5, 0.6) is 0 Å². The second kappa shape index (κ2) is 5.50. The van der Waals surface area contributed by atoms with Crippen LogP contribution >= 0.6 is 27.5 Å². The molecule has 0 bridgehead atoms. The van der Waals surface area contributed by atoms with Gasteiger partial charge in [-0.25, -0.2) is 4.39 Å². The number of amides is 1. The fourth-order valence-electron chi connectivity index (χ4n) is 1.39. The average Bonchev–Trinajstić information content (AvgIpc) is 2.33. The van der Waals surface area contributed by atoms with Crippen LogP contribution in [0.2, 0.25) is 5.02 Å². The molecule has 2 nitrogen and oxygen atoms in total. The van der Waals surface area contributed by atoms with Crippen molar-refractivity contribution in [2.24, 2.45) is 0 Å². The van der Waals surface area contributed by atoms with Crippen molar-refractivity contribution in [3.8, 4) is 0 Å². The van der Waals surface area contributed by atoms with Crippen LogP contribution in [0.4, 0.5) is 10.1 Å². The van der Waals surface area contributed by atoms with Gasteiger partial charge in [0.15, 0.2) is 0 Å². The Morgan fingerprint density at radius 3 is 2.44 bits per heavy atom. The number of halogens is 3. The molecule has 0 aliphatic carbocycles. The molecule has 0 aliphatic heterocycles. The number of carbonyl (C=O) groups is 1. The number of hydrogen-bond acceptors (Lipinski definition) is 1. The van der Waals surface area contributed by atoms with Gasteiger partial charge in [-0.05, 0) is 58.4 Å². The van der Waals surface area contributed by atoms with Gasteiger partial charge in [0.25, 0.3) is 5.91 Å². The van der Waals surface area contributed by atoms with E-state index in [0.717, 1.165) is 0 Å². The minimum absolute atomic E-state index is 0.307. The Bertz CT molecular complexity index is 586. The molecule has 92 valence electrons. The van der Waals surface area contributed by atoms with Crippen LogP contribution in [0.25, 0.3) is 0 Å². The minimum atomic E-state index is -0.376. The maximum atomic E-state index is 12.7. The molecule has 0 saturated carbocycles. The van der Waals surface area contributed by atoms with Gasteiger partial charge in [0.2, 0.25) is 0 Å². The van der Waals surface area contributed by atoms with Gasteiger partial charge < -0.3 is 5.32 Å². The van der Waals surface area contributed by atoms with Gasteiger partial charge in [0.1, 0.15) is 5.82 Å². The Kier molecular flexibility index (Phi) is 3.99. The van der Waals surface area contributed by atoms with Crippen LogP contribution in [-0.4, -0.2) is 5.91 Å². The maximum Gasteiger partial charge on any atom is 0.255 e. The molecule has 0 radical (unpaired) electrons. The summed E-state index contributed by atoms with van der Waals surface area (Å²) in [6.45, 7) is 0. The fraction of sp³-hybridized carbons (Fsp3) is 0. The highest BCUT2D eigenvalue weighted by Crippen LogP contribution is 2.26. The summed E-state index contributed by atoms with van der Waals surface area (Å²) in [5.41, 5.74) is 0.993. The topological polar surface area (TPSA) is 29.1 Å². The third-order valence-electron chi connectivity index (χ3n) is 2.29. The zero-order valence-corrected chi connectivity index (χ0v) is 11.4. The van der Waals surface area contributed by atoms with Gasteiger partial charge in [0, 0.05) is 15.1 Å². The number of hydrogen-bond donors (Lipinski definition) is 1. The Morgan fingerprint density at radius 1 is 1.17 bits per heavy atom. The van der Waals surface area contributed by atoms with Crippen molar-refractivity contribution >= 4 is 39.1 Å². The first-order valence-corrected chi connectivity index (χ1v) is 6.25. The van der Waals surface area contributed by atoms with E-state index in [9.17, 15) is 9.18 Å². The van der Waals surface area contributed by atoms with E-state index in [4.69, 9.17) is 11.6 Å². The highest BCUT2D eigenvalue weighted by molar-refractivity contribution is 9.10. The molecule has 1 amide bonds. The van der Waals surface area contributed by atoms with E-state index in [1.807, 2.05) is 0 Å². The lowest BCUT2D eigenvalue weighted by Gasteiger charge is -2.07. The van der Waals surface area contributed by atoms with Crippen molar-refractivity contribution in [1.29, 1.82) is 0 Å². The van der Waals surface area contributed by atoms with Gasteiger partial charge in [0.05, 0.1) is 5.69 Å². The third-order valence-corrected chi connectivity index (χ3v) is 3.18. The zero-order chi connectivity index (χ0) is 13.1. The zero-order valence-electron chi connectivity index (χ0n) is 9.08. The molecule has 0 spiro atoms. The van der Waals surface area contributed by atoms with Crippen molar-refractivity contribution in [3.63, 3.8) is 0 Å². The average molecular weight is 329 g/mol. The molecule has 0 unspecified atom stereocenters. The number of benzene rings is 2. The van der Waals surface area contributed by atoms with Crippen molar-refractivity contribution in [3.05, 3.63) is 63.3 Å². The van der Waals surface area contributed by atoms with E-state index < -0.39 is 0 Å². The second-order valence-electron chi connectivity index (χ2n) is 3.59. The van der Waals surface area contributed by atoms with Gasteiger partial charge in [-0.15, -0.1) is 0 Å². The first kappa shape index (κ1) is 13.1. The Morgan fingerprint density at radius 2 is 1.83 bits per heavy atom. The largest absolute Gasteiger partial charge is 0.321 e. The van der Waals surface area contributed by atoms with E-state index in [-0.39, 0.29) is 11.7 Å². The normalized spacial score (nSPS) is 10.2. The van der Waals surface area contributed by atoms with Crippen LogP contribution in [-0.2, 0) is 0 Å². The molecule has 0 heterocycles. The third kappa shape index (κ3) is 3.09. The van der Waals surface area contributed by atoms with E-state index in [1.165, 1.54) is 24.3 Å². The van der Waals surface area contributed by atoms with Crippen molar-refractivity contribution < 1.29 is 9.18 Å². The van der Waals surface area contributed by atoms with Gasteiger partial charge in [-0.1, -0.05) is 11.6 Å². The summed E-state index contributed by atoms with van der Waals surface area (Å²) in [6, 6.07) is 10.4. The Hall–Kier alpha value is -1.39. The SMILES string of the molecule is O=C(Nc1ccc(Cl)cc1Br)c1ccc(F)cc1. The highest BCUT2D eigenvalue weighted by Gasteiger charge is 2.08. The molecule has 0 aliphatic rings. The van der Waals surface area contributed by atoms with Crippen LogP contribution < -0.4 is 5.32 Å². The van der Waals surface area contributed by atoms with E-state index in [2.05, 4.69) is 21.2 Å². The molecule has 5 heteroatoms. The molecule has 18 heavy (non-hydrogen) atoms. The van der Waals surface area contributed by atoms with Crippen LogP contribution in [0.1, 0.15) is 10.4 Å². The predicted octanol–water partition coefficient (Wildman–Crippen LogP) is 4.49. The molecule has 0 aromatic heterocycles. The molecule has 0 atom stereocenters. The fourth-order valence-corrected chi connectivity index (χ4v) is 2.17. The van der Waals surface area contributed by atoms with Crippen LogP contribution in [0, 0.1) is 5.82 Å². The minimum Gasteiger partial charge on any atom is -0.321 e. The molecule has 2 aromatic carbocycles. The smallest absolute Gasteiger partial charge is 0.255 e. The summed E-state index contributed by atoms with van der Waals surface area (Å²) in [6.07, 6.45) is 0. The van der Waals surface area contributed by atoms with Crippen molar-refractivity contribution in [1.82, 2.24) is 0 Å². The summed E-state index contributed by atoms with van der Waals surface area (Å²) < 4.78 is 13.4. The first-order valence-electron chi connectivity index (χ1n) is 5.08. The quantitative estimate of drug-likeness (QED) is 0.864. The Labute approximate surface area is 117 Å². The molecule has 0 saturated heterocycles. The molecular weight excluding hydrogens is 321 g/mol. The summed E-state index contributed by atoms with van der Waals surface area (Å²) in [7, 11) is 0. The first-order chi connectivity index (χ1) is 8.56. The molecule has 2 aromatic rings. The van der Waals surface area contributed by atoms with Crippen molar-refractivity contribution in [2.75, 3.05) is 5.32 Å². The second-order valence-corrected chi connectivity index (χ2v) is 4.88. The summed E-state index contributed by atoms with van der Waals surface area (Å²) in [5.74, 6) is -0.683. The number of anilines is 1. The maximum absolute atomic E-state index is 12.7. The van der Waals surface area contributed by atoms with E-state index in [0.29, 0.717) is 20.7 Å². The molecule has 1 N–H and O–H groups in total. The summed E-state index contributed by atoms with van der Waals surface area (Å²) in [5, 5.41) is 3.28. The number of carbonyl (C=O) groups excluding carboxylic acids is 1. The molecule has 2 rings (SSSR count). The molecule has 0 fully saturated rings. The lowest BCUT2D eigenvalue weighted by Crippen LogP contribution is -2.12. The highest BCUT2D eigenvalue weighted by atomic mass is 79.9. The van der Waals surface area contributed by atoms with Gasteiger partial charge in [-0.3, -0.25) is 4.79 Å². The van der Waals surface area contributed by atoms with E-state index in [1.54, 1.807) is 18.2 Å². The van der Waals surface area contributed by atoms with Crippen LogP contribution in [0.15, 0.2) is 46.9 Å². The standard InChI is InChI=1S/C13H8BrClFNO/c14-11-7-9(15)3-6-12(11)17-13(18)8-1-4-10(16)5-2-8/h1-7H,(H,17,18). The van der Waals surface area contributed by atoms with E-state index >= 15 is 0 Å². The van der Waals surface area contributed by atoms with Gasteiger partial charge >= 0.3 is 0 Å². The van der Waals surface area contributed by atoms with Crippen molar-refractivity contribution in [2.45, 2.75) is 0 Å². The molecular formula is C13H8BrClFNO. The predicted molar refractivity (Wildman–Crippen MR) is 73.5 cm³/mol. The summed E-state index contributed by atoms with van der Waals surface area (Å²) in [4.78, 5) is 11.9. The van der Waals surface area contributed by atoms with Gasteiger partial charge in [-0.2, -0.15) is 0 Å². The number of rotatable bonds is 2. The number of nitrogens with one attached hydrogen (secondary N) is 1. The van der Waals surface area contributed by atoms with Crippen LogP contribution in [0.3, 0.4) is 0 Å². The Balaban J connectivity index is 2.18.